The Bertz CT molecular complexity index is 345. The summed E-state index contributed by atoms with van der Waals surface area (Å²) in [5.41, 5.74) is 2.22. The van der Waals surface area contributed by atoms with E-state index < -0.39 is 0 Å². The fourth-order valence-electron chi connectivity index (χ4n) is 2.16. The van der Waals surface area contributed by atoms with E-state index in [1.54, 1.807) is 4.68 Å². The Balaban J connectivity index is 2.83. The largest absolute Gasteiger partial charge is 0.493 e. The molecule has 3 heteroatoms. The molecule has 1 N–H and O–H groups in total. The maximum atomic E-state index is 10.3. The minimum atomic E-state index is 0.419. The Labute approximate surface area is 111 Å². The van der Waals surface area contributed by atoms with E-state index in [0.717, 1.165) is 62.7 Å². The second-order valence-corrected chi connectivity index (χ2v) is 5.03. The van der Waals surface area contributed by atoms with Gasteiger partial charge in [0.2, 0.25) is 5.88 Å². The molecule has 0 unspecified atom stereocenters. The lowest BCUT2D eigenvalue weighted by Gasteiger charge is -2.02. The number of hydrogen-bond donors (Lipinski definition) is 1. The summed E-state index contributed by atoms with van der Waals surface area (Å²) in [5, 5.41) is 14.9. The highest BCUT2D eigenvalue weighted by Gasteiger charge is 2.15. The molecule has 0 aromatic carbocycles. The molecule has 1 rings (SSSR count). The van der Waals surface area contributed by atoms with Crippen LogP contribution >= 0.6 is 0 Å². The third kappa shape index (κ3) is 4.04. The molecule has 0 aliphatic carbocycles. The SMILES string of the molecule is CCCCc1nn(CCCC)c(O)c1CCCC. The monoisotopic (exact) mass is 252 g/mol. The Morgan fingerprint density at radius 1 is 0.944 bits per heavy atom. The predicted molar refractivity (Wildman–Crippen MR) is 76.0 cm³/mol. The normalized spacial score (nSPS) is 11.1. The quantitative estimate of drug-likeness (QED) is 0.719. The van der Waals surface area contributed by atoms with E-state index in [9.17, 15) is 5.11 Å². The van der Waals surface area contributed by atoms with Gasteiger partial charge in [-0.3, -0.25) is 0 Å². The standard InChI is InChI=1S/C15H28N2O/c1-4-7-10-13-14(11-8-5-2)16-17(15(13)18)12-9-6-3/h18H,4-12H2,1-3H3. The van der Waals surface area contributed by atoms with Crippen LogP contribution in [0, 0.1) is 0 Å². The van der Waals surface area contributed by atoms with Gasteiger partial charge in [-0.1, -0.05) is 40.0 Å². The van der Waals surface area contributed by atoms with Crippen molar-refractivity contribution in [2.45, 2.75) is 78.7 Å². The van der Waals surface area contributed by atoms with Crippen molar-refractivity contribution in [3.63, 3.8) is 0 Å². The molecule has 0 aliphatic rings. The Kier molecular flexibility index (Phi) is 6.84. The number of rotatable bonds is 9. The van der Waals surface area contributed by atoms with Gasteiger partial charge in [0.1, 0.15) is 0 Å². The number of aromatic nitrogens is 2. The third-order valence-electron chi connectivity index (χ3n) is 3.38. The highest BCUT2D eigenvalue weighted by Crippen LogP contribution is 2.25. The van der Waals surface area contributed by atoms with Gasteiger partial charge >= 0.3 is 0 Å². The lowest BCUT2D eigenvalue weighted by molar-refractivity contribution is 0.388. The molecule has 1 aromatic heterocycles. The Morgan fingerprint density at radius 3 is 2.17 bits per heavy atom. The average Bonchev–Trinajstić information content (AvgIpc) is 2.68. The molecule has 104 valence electrons. The van der Waals surface area contributed by atoms with Gasteiger partial charge in [0.05, 0.1) is 5.69 Å². The van der Waals surface area contributed by atoms with Gasteiger partial charge < -0.3 is 5.11 Å². The molecule has 0 saturated heterocycles. The first kappa shape index (κ1) is 15.1. The molecule has 0 amide bonds. The number of nitrogens with zero attached hydrogens (tertiary/aromatic N) is 2. The van der Waals surface area contributed by atoms with Gasteiger partial charge in [0.15, 0.2) is 0 Å². The van der Waals surface area contributed by atoms with Crippen molar-refractivity contribution < 1.29 is 5.11 Å². The third-order valence-corrected chi connectivity index (χ3v) is 3.38. The number of unbranched alkanes of at least 4 members (excludes halogenated alkanes) is 3. The fourth-order valence-corrected chi connectivity index (χ4v) is 2.16. The van der Waals surface area contributed by atoms with Crippen molar-refractivity contribution in [1.82, 2.24) is 9.78 Å². The molecule has 0 fully saturated rings. The molecule has 0 aliphatic heterocycles. The first-order valence-electron chi connectivity index (χ1n) is 7.52. The van der Waals surface area contributed by atoms with Gasteiger partial charge in [0, 0.05) is 12.1 Å². The molecule has 1 aromatic rings. The van der Waals surface area contributed by atoms with E-state index in [2.05, 4.69) is 25.9 Å². The van der Waals surface area contributed by atoms with Gasteiger partial charge in [-0.25, -0.2) is 4.68 Å². The smallest absolute Gasteiger partial charge is 0.212 e. The lowest BCUT2D eigenvalue weighted by Crippen LogP contribution is -2.00. The van der Waals surface area contributed by atoms with Crippen LogP contribution in [-0.2, 0) is 19.4 Å². The van der Waals surface area contributed by atoms with Crippen LogP contribution in [-0.4, -0.2) is 14.9 Å². The zero-order valence-corrected chi connectivity index (χ0v) is 12.2. The topological polar surface area (TPSA) is 38.0 Å². The summed E-state index contributed by atoms with van der Waals surface area (Å²) >= 11 is 0. The van der Waals surface area contributed by atoms with Crippen LogP contribution in [0.4, 0.5) is 0 Å². The summed E-state index contributed by atoms with van der Waals surface area (Å²) in [6, 6.07) is 0. The van der Waals surface area contributed by atoms with Gasteiger partial charge in [-0.15, -0.1) is 0 Å². The van der Waals surface area contributed by atoms with Crippen molar-refractivity contribution in [2.24, 2.45) is 0 Å². The molecule has 0 saturated carbocycles. The summed E-state index contributed by atoms with van der Waals surface area (Å²) < 4.78 is 1.81. The molecule has 3 nitrogen and oxygen atoms in total. The molecule has 0 spiro atoms. The zero-order valence-electron chi connectivity index (χ0n) is 12.2. The van der Waals surface area contributed by atoms with E-state index in [-0.39, 0.29) is 0 Å². The summed E-state index contributed by atoms with van der Waals surface area (Å²) in [5.74, 6) is 0.419. The maximum Gasteiger partial charge on any atom is 0.212 e. The van der Waals surface area contributed by atoms with Crippen molar-refractivity contribution in [1.29, 1.82) is 0 Å². The van der Waals surface area contributed by atoms with E-state index in [1.165, 1.54) is 6.42 Å². The predicted octanol–water partition coefficient (Wildman–Crippen LogP) is 4.07. The van der Waals surface area contributed by atoms with Crippen molar-refractivity contribution in [3.05, 3.63) is 11.3 Å². The second-order valence-electron chi connectivity index (χ2n) is 5.03. The molecule has 0 atom stereocenters. The Morgan fingerprint density at radius 2 is 1.56 bits per heavy atom. The van der Waals surface area contributed by atoms with Crippen molar-refractivity contribution in [3.8, 4) is 5.88 Å². The van der Waals surface area contributed by atoms with Crippen LogP contribution in [0.3, 0.4) is 0 Å². The number of aryl methyl sites for hydroxylation is 2. The molecule has 18 heavy (non-hydrogen) atoms. The fraction of sp³-hybridized carbons (Fsp3) is 0.800. The first-order valence-corrected chi connectivity index (χ1v) is 7.52. The van der Waals surface area contributed by atoms with Gasteiger partial charge in [0.25, 0.3) is 0 Å². The zero-order chi connectivity index (χ0) is 13.4. The number of aromatic hydroxyl groups is 1. The van der Waals surface area contributed by atoms with Crippen molar-refractivity contribution >= 4 is 0 Å². The molecular formula is C15H28N2O. The van der Waals surface area contributed by atoms with Crippen LogP contribution in [0.2, 0.25) is 0 Å². The van der Waals surface area contributed by atoms with E-state index >= 15 is 0 Å². The summed E-state index contributed by atoms with van der Waals surface area (Å²) in [4.78, 5) is 0. The average molecular weight is 252 g/mol. The van der Waals surface area contributed by atoms with Crippen molar-refractivity contribution in [2.75, 3.05) is 0 Å². The molecule has 1 heterocycles. The van der Waals surface area contributed by atoms with Crippen LogP contribution in [0.15, 0.2) is 0 Å². The summed E-state index contributed by atoms with van der Waals surface area (Å²) in [6.07, 6.45) is 8.80. The highest BCUT2D eigenvalue weighted by atomic mass is 16.3. The van der Waals surface area contributed by atoms with Crippen LogP contribution in [0.5, 0.6) is 5.88 Å². The lowest BCUT2D eigenvalue weighted by atomic mass is 10.1. The minimum absolute atomic E-state index is 0.419. The van der Waals surface area contributed by atoms with Gasteiger partial charge in [-0.05, 0) is 32.1 Å². The Hall–Kier alpha value is -0.990. The van der Waals surface area contributed by atoms with Crippen LogP contribution in [0.25, 0.3) is 0 Å². The van der Waals surface area contributed by atoms with Gasteiger partial charge in [-0.2, -0.15) is 5.10 Å². The maximum absolute atomic E-state index is 10.3. The van der Waals surface area contributed by atoms with E-state index in [0.29, 0.717) is 5.88 Å². The summed E-state index contributed by atoms with van der Waals surface area (Å²) in [6.45, 7) is 7.38. The second kappa shape index (κ2) is 8.17. The molecule has 0 bridgehead atoms. The first-order chi connectivity index (χ1) is 8.74. The molecule has 0 radical (unpaired) electrons. The van der Waals surface area contributed by atoms with Crippen LogP contribution < -0.4 is 0 Å². The number of hydrogen-bond acceptors (Lipinski definition) is 2. The highest BCUT2D eigenvalue weighted by molar-refractivity contribution is 5.31. The summed E-state index contributed by atoms with van der Waals surface area (Å²) in [7, 11) is 0. The van der Waals surface area contributed by atoms with E-state index in [1.807, 2.05) is 0 Å². The van der Waals surface area contributed by atoms with E-state index in [4.69, 9.17) is 0 Å². The van der Waals surface area contributed by atoms with Crippen LogP contribution in [0.1, 0.15) is 70.6 Å². The minimum Gasteiger partial charge on any atom is -0.493 e. The molecular weight excluding hydrogens is 224 g/mol.